The molecule has 0 saturated carbocycles. The second-order valence-electron chi connectivity index (χ2n) is 7.05. The Morgan fingerprint density at radius 3 is 2.82 bits per heavy atom. The Bertz CT molecular complexity index is 844. The Morgan fingerprint density at radius 2 is 2.11 bits per heavy atom. The molecule has 0 amide bonds. The van der Waals surface area contributed by atoms with E-state index in [1.165, 1.54) is 11.6 Å². The minimum absolute atomic E-state index is 0.300. The number of hydrogen-bond acceptors (Lipinski definition) is 3. The van der Waals surface area contributed by atoms with Gasteiger partial charge in [-0.25, -0.2) is 4.39 Å². The Morgan fingerprint density at radius 1 is 1.29 bits per heavy atom. The molecule has 28 heavy (non-hydrogen) atoms. The molecular weight excluding hydrogens is 353 g/mol. The van der Waals surface area contributed by atoms with Gasteiger partial charge in [-0.1, -0.05) is 36.4 Å². The summed E-state index contributed by atoms with van der Waals surface area (Å²) >= 11 is 0. The Labute approximate surface area is 165 Å². The predicted molar refractivity (Wildman–Crippen MR) is 109 cm³/mol. The van der Waals surface area contributed by atoms with Gasteiger partial charge in [-0.15, -0.1) is 0 Å². The topological polar surface area (TPSA) is 63.5 Å². The van der Waals surface area contributed by atoms with Crippen LogP contribution in [0.5, 0.6) is 0 Å². The van der Waals surface area contributed by atoms with Gasteiger partial charge in [-0.2, -0.15) is 5.26 Å². The molecule has 0 spiro atoms. The summed E-state index contributed by atoms with van der Waals surface area (Å²) < 4.78 is 14.1. The number of aliphatic imine (C=N–C) groups is 1. The maximum atomic E-state index is 14.1. The highest BCUT2D eigenvalue weighted by Gasteiger charge is 2.20. The zero-order chi connectivity index (χ0) is 19.8. The van der Waals surface area contributed by atoms with Gasteiger partial charge in [-0.05, 0) is 37.1 Å². The number of likely N-dealkylation sites (tertiary alicyclic amines) is 1. The molecule has 6 heteroatoms. The fourth-order valence-corrected chi connectivity index (χ4v) is 3.49. The van der Waals surface area contributed by atoms with E-state index in [4.69, 9.17) is 5.26 Å². The van der Waals surface area contributed by atoms with E-state index < -0.39 is 0 Å². The SMILES string of the molecule is CN=C(NCc1ccc(C#N)cc1F)NC1CCCN(Cc2ccccc2)C1. The lowest BCUT2D eigenvalue weighted by molar-refractivity contribution is 0.192. The van der Waals surface area contributed by atoms with Crippen LogP contribution in [0.25, 0.3) is 0 Å². The molecule has 1 fully saturated rings. The molecule has 2 aromatic carbocycles. The van der Waals surface area contributed by atoms with Crippen LogP contribution < -0.4 is 10.6 Å². The lowest BCUT2D eigenvalue weighted by Crippen LogP contribution is -2.50. The number of guanidine groups is 1. The molecular formula is C22H26FN5. The van der Waals surface area contributed by atoms with E-state index in [-0.39, 0.29) is 5.82 Å². The third-order valence-corrected chi connectivity index (χ3v) is 4.95. The molecule has 1 unspecified atom stereocenters. The van der Waals surface area contributed by atoms with E-state index in [1.807, 2.05) is 12.1 Å². The first-order valence-corrected chi connectivity index (χ1v) is 9.60. The fraction of sp³-hybridized carbons (Fsp3) is 0.364. The van der Waals surface area contributed by atoms with Crippen molar-refractivity contribution in [3.8, 4) is 6.07 Å². The minimum Gasteiger partial charge on any atom is -0.352 e. The zero-order valence-electron chi connectivity index (χ0n) is 16.2. The van der Waals surface area contributed by atoms with Crippen molar-refractivity contribution in [3.05, 3.63) is 71.0 Å². The van der Waals surface area contributed by atoms with Crippen molar-refractivity contribution in [2.75, 3.05) is 20.1 Å². The normalized spacial score (nSPS) is 17.8. The third-order valence-electron chi connectivity index (χ3n) is 4.95. The van der Waals surface area contributed by atoms with Crippen LogP contribution in [0.4, 0.5) is 4.39 Å². The first-order chi connectivity index (χ1) is 13.7. The maximum Gasteiger partial charge on any atom is 0.191 e. The monoisotopic (exact) mass is 379 g/mol. The Hall–Kier alpha value is -2.91. The minimum atomic E-state index is -0.381. The number of hydrogen-bond donors (Lipinski definition) is 2. The van der Waals surface area contributed by atoms with Gasteiger partial charge in [-0.3, -0.25) is 9.89 Å². The van der Waals surface area contributed by atoms with Gasteiger partial charge in [0.05, 0.1) is 11.6 Å². The zero-order valence-corrected chi connectivity index (χ0v) is 16.2. The fourth-order valence-electron chi connectivity index (χ4n) is 3.49. The molecule has 2 aromatic rings. The summed E-state index contributed by atoms with van der Waals surface area (Å²) in [5, 5.41) is 15.5. The molecule has 0 aromatic heterocycles. The van der Waals surface area contributed by atoms with E-state index in [9.17, 15) is 4.39 Å². The smallest absolute Gasteiger partial charge is 0.191 e. The lowest BCUT2D eigenvalue weighted by Gasteiger charge is -2.34. The van der Waals surface area contributed by atoms with Crippen molar-refractivity contribution < 1.29 is 4.39 Å². The quantitative estimate of drug-likeness (QED) is 0.619. The molecule has 1 saturated heterocycles. The summed E-state index contributed by atoms with van der Waals surface area (Å²) in [7, 11) is 1.72. The molecule has 1 aliphatic rings. The van der Waals surface area contributed by atoms with E-state index in [1.54, 1.807) is 19.2 Å². The van der Waals surface area contributed by atoms with Crippen LogP contribution in [-0.4, -0.2) is 37.0 Å². The molecule has 1 heterocycles. The standard InChI is InChI=1S/C22H26FN5/c1-25-22(26-14-19-10-9-18(13-24)12-21(19)23)27-20-8-5-11-28(16-20)15-17-6-3-2-4-7-17/h2-4,6-7,9-10,12,20H,5,8,11,14-16H2,1H3,(H2,25,26,27). The number of nitrogens with one attached hydrogen (secondary N) is 2. The summed E-state index contributed by atoms with van der Waals surface area (Å²) in [5.74, 6) is 0.282. The average Bonchev–Trinajstić information content (AvgIpc) is 2.72. The molecule has 5 nitrogen and oxygen atoms in total. The van der Waals surface area contributed by atoms with Gasteiger partial charge in [0.15, 0.2) is 5.96 Å². The number of benzene rings is 2. The summed E-state index contributed by atoms with van der Waals surface area (Å²) in [6, 6.07) is 17.3. The molecule has 0 aliphatic carbocycles. The van der Waals surface area contributed by atoms with Gasteiger partial charge < -0.3 is 10.6 Å². The summed E-state index contributed by atoms with van der Waals surface area (Å²) in [6.45, 7) is 3.30. The number of piperidine rings is 1. The summed E-state index contributed by atoms with van der Waals surface area (Å²) in [4.78, 5) is 6.72. The molecule has 0 bridgehead atoms. The van der Waals surface area contributed by atoms with E-state index >= 15 is 0 Å². The summed E-state index contributed by atoms with van der Waals surface area (Å²) in [5.41, 5.74) is 2.16. The molecule has 1 aliphatic heterocycles. The van der Waals surface area contributed by atoms with E-state index in [0.29, 0.717) is 29.7 Å². The predicted octanol–water partition coefficient (Wildman–Crippen LogP) is 3.03. The molecule has 0 radical (unpaired) electrons. The average molecular weight is 379 g/mol. The highest BCUT2D eigenvalue weighted by Crippen LogP contribution is 2.14. The van der Waals surface area contributed by atoms with Gasteiger partial charge in [0.2, 0.25) is 0 Å². The first kappa shape index (κ1) is 19.8. The Balaban J connectivity index is 1.52. The van der Waals surface area contributed by atoms with Crippen LogP contribution in [0.1, 0.15) is 29.5 Å². The Kier molecular flexibility index (Phi) is 6.99. The number of nitrogens with zero attached hydrogens (tertiary/aromatic N) is 3. The van der Waals surface area contributed by atoms with Gasteiger partial charge in [0, 0.05) is 38.3 Å². The molecule has 3 rings (SSSR count). The molecule has 1 atom stereocenters. The van der Waals surface area contributed by atoms with Crippen molar-refractivity contribution in [1.82, 2.24) is 15.5 Å². The largest absolute Gasteiger partial charge is 0.352 e. The van der Waals surface area contributed by atoms with Crippen LogP contribution in [0.3, 0.4) is 0 Å². The van der Waals surface area contributed by atoms with Crippen LogP contribution in [0.15, 0.2) is 53.5 Å². The van der Waals surface area contributed by atoms with Gasteiger partial charge in [0.1, 0.15) is 5.82 Å². The van der Waals surface area contributed by atoms with Crippen molar-refractivity contribution in [2.45, 2.75) is 32.0 Å². The highest BCUT2D eigenvalue weighted by atomic mass is 19.1. The molecule has 146 valence electrons. The van der Waals surface area contributed by atoms with Gasteiger partial charge >= 0.3 is 0 Å². The first-order valence-electron chi connectivity index (χ1n) is 9.60. The molecule has 2 N–H and O–H groups in total. The number of halogens is 1. The van der Waals surface area contributed by atoms with Crippen molar-refractivity contribution >= 4 is 5.96 Å². The van der Waals surface area contributed by atoms with Crippen LogP contribution in [0, 0.1) is 17.1 Å². The van der Waals surface area contributed by atoms with Crippen molar-refractivity contribution in [2.24, 2.45) is 4.99 Å². The number of nitriles is 1. The van der Waals surface area contributed by atoms with Crippen LogP contribution >= 0.6 is 0 Å². The lowest BCUT2D eigenvalue weighted by atomic mass is 10.0. The van der Waals surface area contributed by atoms with E-state index in [0.717, 1.165) is 32.5 Å². The summed E-state index contributed by atoms with van der Waals surface area (Å²) in [6.07, 6.45) is 2.21. The highest BCUT2D eigenvalue weighted by molar-refractivity contribution is 5.80. The van der Waals surface area contributed by atoms with E-state index in [2.05, 4.69) is 44.8 Å². The van der Waals surface area contributed by atoms with Crippen molar-refractivity contribution in [1.29, 1.82) is 5.26 Å². The van der Waals surface area contributed by atoms with Crippen LogP contribution in [-0.2, 0) is 13.1 Å². The second kappa shape index (κ2) is 9.86. The third kappa shape index (κ3) is 5.54. The second-order valence-corrected chi connectivity index (χ2v) is 7.05. The number of rotatable bonds is 5. The van der Waals surface area contributed by atoms with Crippen molar-refractivity contribution in [3.63, 3.8) is 0 Å². The van der Waals surface area contributed by atoms with Crippen LogP contribution in [0.2, 0.25) is 0 Å². The maximum absolute atomic E-state index is 14.1. The van der Waals surface area contributed by atoms with Gasteiger partial charge in [0.25, 0.3) is 0 Å².